The molecule has 3 heterocycles. The second kappa shape index (κ2) is 5.26. The van der Waals surface area contributed by atoms with Crippen LogP contribution in [-0.4, -0.2) is 20.2 Å². The molecule has 0 saturated heterocycles. The van der Waals surface area contributed by atoms with Crippen LogP contribution in [0.2, 0.25) is 0 Å². The molecule has 0 atom stereocenters. The molecule has 3 rings (SSSR count). The van der Waals surface area contributed by atoms with E-state index in [2.05, 4.69) is 20.2 Å². The van der Waals surface area contributed by atoms with Crippen molar-refractivity contribution in [3.63, 3.8) is 0 Å². The third-order valence-electron chi connectivity index (χ3n) is 2.39. The average molecular weight is 254 g/mol. The van der Waals surface area contributed by atoms with Gasteiger partial charge in [-0.3, -0.25) is 4.98 Å². The van der Waals surface area contributed by atoms with E-state index in [-0.39, 0.29) is 6.61 Å². The molecule has 0 radical (unpaired) electrons. The van der Waals surface area contributed by atoms with Crippen LogP contribution in [0.4, 0.5) is 0 Å². The van der Waals surface area contributed by atoms with Gasteiger partial charge in [0.05, 0.1) is 11.9 Å². The van der Waals surface area contributed by atoms with Crippen molar-refractivity contribution in [3.05, 3.63) is 54.9 Å². The summed E-state index contributed by atoms with van der Waals surface area (Å²) in [6.45, 7) is 0.227. The summed E-state index contributed by atoms with van der Waals surface area (Å²) in [6, 6.07) is 9.17. The normalized spacial score (nSPS) is 10.3. The molecule has 0 aromatic carbocycles. The van der Waals surface area contributed by atoms with Crippen molar-refractivity contribution in [2.75, 3.05) is 0 Å². The first kappa shape index (κ1) is 11.3. The van der Waals surface area contributed by atoms with E-state index >= 15 is 0 Å². The summed E-state index contributed by atoms with van der Waals surface area (Å²) in [7, 11) is 0. The molecule has 94 valence electrons. The Morgan fingerprint density at radius 1 is 0.947 bits per heavy atom. The van der Waals surface area contributed by atoms with Gasteiger partial charge in [0.2, 0.25) is 11.8 Å². The number of nitrogens with zero attached hydrogens (tertiary/aromatic N) is 4. The van der Waals surface area contributed by atoms with Crippen LogP contribution in [0.5, 0.6) is 5.88 Å². The van der Waals surface area contributed by atoms with Crippen molar-refractivity contribution in [2.45, 2.75) is 6.61 Å². The lowest BCUT2D eigenvalue weighted by atomic mass is 10.2. The summed E-state index contributed by atoms with van der Waals surface area (Å²) in [5.74, 6) is 0.911. The van der Waals surface area contributed by atoms with Crippen LogP contribution in [-0.2, 0) is 6.61 Å². The number of aromatic nitrogens is 4. The molecule has 0 aliphatic carbocycles. The minimum Gasteiger partial charge on any atom is -0.467 e. The lowest BCUT2D eigenvalue weighted by Crippen LogP contribution is -1.99. The molecule has 19 heavy (non-hydrogen) atoms. The number of hydrogen-bond acceptors (Lipinski definition) is 6. The van der Waals surface area contributed by atoms with Crippen LogP contribution in [0.3, 0.4) is 0 Å². The van der Waals surface area contributed by atoms with E-state index in [0.29, 0.717) is 17.5 Å². The van der Waals surface area contributed by atoms with E-state index in [9.17, 15) is 0 Å². The standard InChI is InChI=1S/C13H10N4O2/c1-2-6-14-10(3-1)11-4-5-12(17-16-11)19-9-13-15-7-8-18-13/h1-8H,9H2. The summed E-state index contributed by atoms with van der Waals surface area (Å²) in [4.78, 5) is 8.14. The van der Waals surface area contributed by atoms with Crippen LogP contribution in [0.25, 0.3) is 11.4 Å². The zero-order valence-corrected chi connectivity index (χ0v) is 9.93. The topological polar surface area (TPSA) is 73.9 Å². The van der Waals surface area contributed by atoms with Crippen molar-refractivity contribution in [3.8, 4) is 17.3 Å². The molecule has 0 saturated carbocycles. The smallest absolute Gasteiger partial charge is 0.233 e. The lowest BCUT2D eigenvalue weighted by Gasteiger charge is -2.02. The Morgan fingerprint density at radius 3 is 2.63 bits per heavy atom. The van der Waals surface area contributed by atoms with Crippen molar-refractivity contribution in [1.29, 1.82) is 0 Å². The Morgan fingerprint density at radius 2 is 1.95 bits per heavy atom. The number of ether oxygens (including phenoxy) is 1. The number of oxazole rings is 1. The van der Waals surface area contributed by atoms with Gasteiger partial charge in [-0.15, -0.1) is 10.2 Å². The zero-order chi connectivity index (χ0) is 12.9. The van der Waals surface area contributed by atoms with E-state index in [1.807, 2.05) is 18.2 Å². The Kier molecular flexibility index (Phi) is 3.14. The second-order valence-corrected chi connectivity index (χ2v) is 3.69. The van der Waals surface area contributed by atoms with Gasteiger partial charge in [-0.1, -0.05) is 6.07 Å². The molecule has 6 heteroatoms. The molecule has 0 bridgehead atoms. The van der Waals surface area contributed by atoms with E-state index in [0.717, 1.165) is 5.69 Å². The van der Waals surface area contributed by atoms with Crippen LogP contribution in [0, 0.1) is 0 Å². The highest BCUT2D eigenvalue weighted by molar-refractivity contribution is 5.52. The van der Waals surface area contributed by atoms with Gasteiger partial charge in [-0.2, -0.15) is 0 Å². The van der Waals surface area contributed by atoms with Gasteiger partial charge >= 0.3 is 0 Å². The maximum Gasteiger partial charge on any atom is 0.233 e. The van der Waals surface area contributed by atoms with E-state index < -0.39 is 0 Å². The highest BCUT2D eigenvalue weighted by Crippen LogP contribution is 2.15. The van der Waals surface area contributed by atoms with Gasteiger partial charge in [-0.25, -0.2) is 4.98 Å². The van der Waals surface area contributed by atoms with Crippen LogP contribution >= 0.6 is 0 Å². The molecule has 0 fully saturated rings. The molecule has 0 unspecified atom stereocenters. The van der Waals surface area contributed by atoms with Gasteiger partial charge < -0.3 is 9.15 Å². The lowest BCUT2D eigenvalue weighted by molar-refractivity contribution is 0.251. The molecule has 0 aliphatic heterocycles. The fraction of sp³-hybridized carbons (Fsp3) is 0.0769. The molecular weight excluding hydrogens is 244 g/mol. The molecule has 3 aromatic heterocycles. The number of hydrogen-bond donors (Lipinski definition) is 0. The molecule has 0 aliphatic rings. The first-order chi connectivity index (χ1) is 9.42. The molecule has 0 spiro atoms. The summed E-state index contributed by atoms with van der Waals surface area (Å²) in [5.41, 5.74) is 1.47. The first-order valence-corrected chi connectivity index (χ1v) is 5.68. The molecule has 6 nitrogen and oxygen atoms in total. The summed E-state index contributed by atoms with van der Waals surface area (Å²) in [5, 5.41) is 8.03. The summed E-state index contributed by atoms with van der Waals surface area (Å²) in [6.07, 6.45) is 4.77. The molecule has 0 N–H and O–H groups in total. The maximum atomic E-state index is 5.39. The van der Waals surface area contributed by atoms with Crippen LogP contribution in [0.1, 0.15) is 5.89 Å². The average Bonchev–Trinajstić information content (AvgIpc) is 3.00. The van der Waals surface area contributed by atoms with Gasteiger partial charge in [0, 0.05) is 12.3 Å². The highest BCUT2D eigenvalue weighted by atomic mass is 16.5. The quantitative estimate of drug-likeness (QED) is 0.709. The van der Waals surface area contributed by atoms with Crippen molar-refractivity contribution in [2.24, 2.45) is 0 Å². The minimum atomic E-state index is 0.227. The number of pyridine rings is 1. The zero-order valence-electron chi connectivity index (χ0n) is 9.93. The van der Waals surface area contributed by atoms with Gasteiger partial charge in [0.15, 0.2) is 6.61 Å². The largest absolute Gasteiger partial charge is 0.467 e. The SMILES string of the molecule is c1ccc(-c2ccc(OCc3ncco3)nn2)nc1. The fourth-order valence-corrected chi connectivity index (χ4v) is 1.51. The number of rotatable bonds is 4. The predicted molar refractivity (Wildman–Crippen MR) is 66.1 cm³/mol. The first-order valence-electron chi connectivity index (χ1n) is 5.68. The predicted octanol–water partition coefficient (Wildman–Crippen LogP) is 2.11. The van der Waals surface area contributed by atoms with Crippen molar-refractivity contribution >= 4 is 0 Å². The third kappa shape index (κ3) is 2.74. The van der Waals surface area contributed by atoms with E-state index in [1.54, 1.807) is 24.5 Å². The molecular formula is C13H10N4O2. The van der Waals surface area contributed by atoms with Gasteiger partial charge in [0.25, 0.3) is 0 Å². The van der Waals surface area contributed by atoms with Gasteiger partial charge in [0.1, 0.15) is 12.0 Å². The summed E-state index contributed by atoms with van der Waals surface area (Å²) >= 11 is 0. The van der Waals surface area contributed by atoms with Crippen molar-refractivity contribution < 1.29 is 9.15 Å². The van der Waals surface area contributed by atoms with Gasteiger partial charge in [-0.05, 0) is 18.2 Å². The van der Waals surface area contributed by atoms with Crippen LogP contribution in [0.15, 0.2) is 53.4 Å². The van der Waals surface area contributed by atoms with Crippen molar-refractivity contribution in [1.82, 2.24) is 20.2 Å². The molecule has 0 amide bonds. The maximum absolute atomic E-state index is 5.39. The third-order valence-corrected chi connectivity index (χ3v) is 2.39. The minimum absolute atomic E-state index is 0.227. The Labute approximate surface area is 109 Å². The summed E-state index contributed by atoms with van der Waals surface area (Å²) < 4.78 is 10.4. The Hall–Kier alpha value is -2.76. The van der Waals surface area contributed by atoms with E-state index in [4.69, 9.17) is 9.15 Å². The fourth-order valence-electron chi connectivity index (χ4n) is 1.51. The van der Waals surface area contributed by atoms with Crippen LogP contribution < -0.4 is 4.74 Å². The Bertz CT molecular complexity index is 624. The Balaban J connectivity index is 1.69. The van der Waals surface area contributed by atoms with E-state index in [1.165, 1.54) is 6.26 Å². The highest BCUT2D eigenvalue weighted by Gasteiger charge is 2.04. The second-order valence-electron chi connectivity index (χ2n) is 3.69. The monoisotopic (exact) mass is 254 g/mol. The molecule has 3 aromatic rings.